The SMILES string of the molecule is O=C(O)C1CCC(NS(=O)(=O)c2cncc(Br)c2)C1. The molecule has 2 unspecified atom stereocenters. The van der Waals surface area contributed by atoms with Crippen molar-refractivity contribution in [3.8, 4) is 0 Å². The highest BCUT2D eigenvalue weighted by Gasteiger charge is 2.32. The molecule has 0 aromatic carbocycles. The van der Waals surface area contributed by atoms with E-state index in [0.717, 1.165) is 0 Å². The van der Waals surface area contributed by atoms with E-state index in [9.17, 15) is 13.2 Å². The lowest BCUT2D eigenvalue weighted by atomic mass is 10.1. The van der Waals surface area contributed by atoms with Crippen LogP contribution in [-0.2, 0) is 14.8 Å². The van der Waals surface area contributed by atoms with Crippen LogP contribution in [0.4, 0.5) is 0 Å². The number of carboxylic acids is 1. The van der Waals surface area contributed by atoms with Gasteiger partial charge >= 0.3 is 5.97 Å². The second-order valence-corrected chi connectivity index (χ2v) is 7.13. The molecule has 2 N–H and O–H groups in total. The smallest absolute Gasteiger partial charge is 0.306 e. The predicted molar refractivity (Wildman–Crippen MR) is 71.0 cm³/mol. The monoisotopic (exact) mass is 348 g/mol. The van der Waals surface area contributed by atoms with Crippen LogP contribution in [0.1, 0.15) is 19.3 Å². The number of hydrogen-bond donors (Lipinski definition) is 2. The quantitative estimate of drug-likeness (QED) is 0.856. The Balaban J connectivity index is 2.09. The van der Waals surface area contributed by atoms with Gasteiger partial charge in [-0.15, -0.1) is 0 Å². The first-order valence-electron chi connectivity index (χ1n) is 5.74. The molecule has 104 valence electrons. The third kappa shape index (κ3) is 3.52. The van der Waals surface area contributed by atoms with Crippen LogP contribution in [0, 0.1) is 5.92 Å². The molecule has 2 atom stereocenters. The number of sulfonamides is 1. The molecule has 0 aliphatic heterocycles. The van der Waals surface area contributed by atoms with Crippen molar-refractivity contribution in [1.82, 2.24) is 9.71 Å². The summed E-state index contributed by atoms with van der Waals surface area (Å²) in [6.07, 6.45) is 4.12. The summed E-state index contributed by atoms with van der Waals surface area (Å²) in [5.74, 6) is -1.33. The summed E-state index contributed by atoms with van der Waals surface area (Å²) in [5, 5.41) is 8.89. The van der Waals surface area contributed by atoms with Gasteiger partial charge in [0.25, 0.3) is 0 Å². The normalized spacial score (nSPS) is 23.4. The highest BCUT2D eigenvalue weighted by molar-refractivity contribution is 9.10. The molecule has 1 saturated carbocycles. The summed E-state index contributed by atoms with van der Waals surface area (Å²) in [7, 11) is -3.65. The van der Waals surface area contributed by atoms with E-state index in [1.807, 2.05) is 0 Å². The van der Waals surface area contributed by atoms with Gasteiger partial charge in [0.15, 0.2) is 0 Å². The molecular weight excluding hydrogens is 336 g/mol. The molecule has 0 spiro atoms. The highest BCUT2D eigenvalue weighted by atomic mass is 79.9. The largest absolute Gasteiger partial charge is 0.481 e. The molecule has 0 radical (unpaired) electrons. The summed E-state index contributed by atoms with van der Waals surface area (Å²) in [6.45, 7) is 0. The lowest BCUT2D eigenvalue weighted by Gasteiger charge is -2.12. The maximum atomic E-state index is 12.1. The zero-order chi connectivity index (χ0) is 14.0. The molecule has 1 aromatic rings. The molecule has 8 heteroatoms. The molecule has 19 heavy (non-hydrogen) atoms. The number of aliphatic carboxylic acids is 1. The van der Waals surface area contributed by atoms with E-state index in [1.54, 1.807) is 0 Å². The number of carboxylic acid groups (broad SMARTS) is 1. The predicted octanol–water partition coefficient (Wildman–Crippen LogP) is 1.38. The van der Waals surface area contributed by atoms with Gasteiger partial charge in [0.2, 0.25) is 10.0 Å². The summed E-state index contributed by atoms with van der Waals surface area (Å²) in [6, 6.07) is 1.13. The number of halogens is 1. The third-order valence-electron chi connectivity index (χ3n) is 3.09. The Kier molecular flexibility index (Phi) is 4.22. The summed E-state index contributed by atoms with van der Waals surface area (Å²) in [4.78, 5) is 14.7. The molecule has 1 fully saturated rings. The standard InChI is InChI=1S/C11H13BrN2O4S/c12-8-4-10(6-13-5-8)19(17,18)14-9-2-1-7(3-9)11(15)16/h4-7,9,14H,1-3H2,(H,15,16). The Labute approximate surface area is 119 Å². The molecule has 0 bridgehead atoms. The van der Waals surface area contributed by atoms with Crippen LogP contribution in [-0.4, -0.2) is 30.5 Å². The lowest BCUT2D eigenvalue weighted by molar-refractivity contribution is -0.141. The van der Waals surface area contributed by atoms with E-state index in [0.29, 0.717) is 23.7 Å². The highest BCUT2D eigenvalue weighted by Crippen LogP contribution is 2.27. The molecule has 1 heterocycles. The Morgan fingerprint density at radius 3 is 2.74 bits per heavy atom. The van der Waals surface area contributed by atoms with Gasteiger partial charge in [0.05, 0.1) is 5.92 Å². The first-order valence-corrected chi connectivity index (χ1v) is 8.02. The van der Waals surface area contributed by atoms with E-state index < -0.39 is 21.9 Å². The fraction of sp³-hybridized carbons (Fsp3) is 0.455. The summed E-state index contributed by atoms with van der Waals surface area (Å²) >= 11 is 3.16. The van der Waals surface area contributed by atoms with Gasteiger partial charge < -0.3 is 5.11 Å². The third-order valence-corrected chi connectivity index (χ3v) is 5.01. The Morgan fingerprint density at radius 2 is 2.16 bits per heavy atom. The molecule has 1 aliphatic carbocycles. The zero-order valence-corrected chi connectivity index (χ0v) is 12.3. The second-order valence-electron chi connectivity index (χ2n) is 4.51. The van der Waals surface area contributed by atoms with Gasteiger partial charge in [-0.3, -0.25) is 9.78 Å². The van der Waals surface area contributed by atoms with Crippen LogP contribution >= 0.6 is 15.9 Å². The molecule has 0 saturated heterocycles. The fourth-order valence-corrected chi connectivity index (χ4v) is 3.93. The van der Waals surface area contributed by atoms with Gasteiger partial charge in [0, 0.05) is 22.9 Å². The lowest BCUT2D eigenvalue weighted by Crippen LogP contribution is -2.33. The fourth-order valence-electron chi connectivity index (χ4n) is 2.14. The van der Waals surface area contributed by atoms with Gasteiger partial charge in [0.1, 0.15) is 4.90 Å². The molecule has 6 nitrogen and oxygen atoms in total. The van der Waals surface area contributed by atoms with Crippen LogP contribution in [0.2, 0.25) is 0 Å². The molecule has 2 rings (SSSR count). The number of pyridine rings is 1. The van der Waals surface area contributed by atoms with Crippen LogP contribution in [0.15, 0.2) is 27.8 Å². The van der Waals surface area contributed by atoms with Crippen molar-refractivity contribution in [2.45, 2.75) is 30.2 Å². The average Bonchev–Trinajstić information content (AvgIpc) is 2.77. The second kappa shape index (κ2) is 5.56. The van der Waals surface area contributed by atoms with Gasteiger partial charge in [-0.2, -0.15) is 0 Å². The topological polar surface area (TPSA) is 96.4 Å². The van der Waals surface area contributed by atoms with E-state index in [4.69, 9.17) is 5.11 Å². The summed E-state index contributed by atoms with van der Waals surface area (Å²) < 4.78 is 27.3. The van der Waals surface area contributed by atoms with Crippen LogP contribution in [0.3, 0.4) is 0 Å². The number of nitrogens with one attached hydrogen (secondary N) is 1. The minimum atomic E-state index is -3.65. The maximum Gasteiger partial charge on any atom is 0.306 e. The van der Waals surface area contributed by atoms with Gasteiger partial charge in [-0.05, 0) is 41.3 Å². The van der Waals surface area contributed by atoms with Crippen LogP contribution in [0.5, 0.6) is 0 Å². The van der Waals surface area contributed by atoms with Crippen molar-refractivity contribution in [3.63, 3.8) is 0 Å². The van der Waals surface area contributed by atoms with Crippen molar-refractivity contribution in [2.75, 3.05) is 0 Å². The number of hydrogen-bond acceptors (Lipinski definition) is 4. The van der Waals surface area contributed by atoms with Crippen LogP contribution in [0.25, 0.3) is 0 Å². The molecule has 0 amide bonds. The minimum absolute atomic E-state index is 0.0700. The Bertz CT molecular complexity index is 590. The Hall–Kier alpha value is -0.990. The number of rotatable bonds is 4. The van der Waals surface area contributed by atoms with E-state index in [2.05, 4.69) is 25.6 Å². The zero-order valence-electron chi connectivity index (χ0n) is 9.91. The van der Waals surface area contributed by atoms with Gasteiger partial charge in [-0.25, -0.2) is 13.1 Å². The number of nitrogens with zero attached hydrogens (tertiary/aromatic N) is 1. The number of carbonyl (C=O) groups is 1. The Morgan fingerprint density at radius 1 is 1.42 bits per heavy atom. The number of aromatic nitrogens is 1. The van der Waals surface area contributed by atoms with Gasteiger partial charge in [-0.1, -0.05) is 0 Å². The molecule has 1 aliphatic rings. The average molecular weight is 349 g/mol. The van der Waals surface area contributed by atoms with Crippen molar-refractivity contribution in [3.05, 3.63) is 22.9 Å². The first kappa shape index (κ1) is 14.4. The summed E-state index contributed by atoms with van der Waals surface area (Å²) in [5.41, 5.74) is 0. The van der Waals surface area contributed by atoms with Crippen molar-refractivity contribution >= 4 is 31.9 Å². The van der Waals surface area contributed by atoms with Crippen molar-refractivity contribution < 1.29 is 18.3 Å². The van der Waals surface area contributed by atoms with E-state index in [1.165, 1.54) is 18.5 Å². The van der Waals surface area contributed by atoms with Crippen molar-refractivity contribution in [1.29, 1.82) is 0 Å². The van der Waals surface area contributed by atoms with E-state index in [-0.39, 0.29) is 10.9 Å². The van der Waals surface area contributed by atoms with E-state index >= 15 is 0 Å². The molecular formula is C11H13BrN2O4S. The maximum absolute atomic E-state index is 12.1. The minimum Gasteiger partial charge on any atom is -0.481 e. The molecule has 1 aromatic heterocycles. The van der Waals surface area contributed by atoms with Crippen molar-refractivity contribution in [2.24, 2.45) is 5.92 Å². The van der Waals surface area contributed by atoms with Crippen LogP contribution < -0.4 is 4.72 Å². The first-order chi connectivity index (χ1) is 8.88.